The maximum absolute atomic E-state index is 13.0. The van der Waals surface area contributed by atoms with E-state index in [0.717, 1.165) is 46.4 Å². The highest BCUT2D eigenvalue weighted by Gasteiger charge is 2.30. The summed E-state index contributed by atoms with van der Waals surface area (Å²) in [6.07, 6.45) is 1.52. The number of fused-ring (bicyclic) bond motifs is 2. The minimum atomic E-state index is -0.259. The number of carbonyl (C=O) groups is 1. The third-order valence-corrected chi connectivity index (χ3v) is 8.04. The molecule has 0 fully saturated rings. The summed E-state index contributed by atoms with van der Waals surface area (Å²) in [5.41, 5.74) is 5.82. The van der Waals surface area contributed by atoms with Crippen LogP contribution in [0.3, 0.4) is 0 Å². The molecule has 1 aliphatic rings. The molecule has 0 spiro atoms. The van der Waals surface area contributed by atoms with Crippen LogP contribution in [0.25, 0.3) is 10.9 Å². The number of anilines is 1. The monoisotopic (exact) mass is 600 g/mol. The highest BCUT2D eigenvalue weighted by atomic mass is 16.5. The Hall–Kier alpha value is -4.70. The van der Waals surface area contributed by atoms with Crippen LogP contribution in [0.4, 0.5) is 10.5 Å². The zero-order chi connectivity index (χ0) is 31.2. The van der Waals surface area contributed by atoms with Gasteiger partial charge in [0.15, 0.2) is 23.0 Å². The van der Waals surface area contributed by atoms with E-state index in [2.05, 4.69) is 32.7 Å². The molecular formula is C34H40N4O6. The van der Waals surface area contributed by atoms with Crippen LogP contribution in [0, 0.1) is 6.92 Å². The van der Waals surface area contributed by atoms with Crippen LogP contribution in [-0.4, -0.2) is 71.1 Å². The summed E-state index contributed by atoms with van der Waals surface area (Å²) >= 11 is 0. The highest BCUT2D eigenvalue weighted by molar-refractivity contribution is 6.00. The van der Waals surface area contributed by atoms with Gasteiger partial charge in [-0.1, -0.05) is 18.2 Å². The molecule has 0 radical (unpaired) electrons. The molecule has 10 heteroatoms. The van der Waals surface area contributed by atoms with Crippen molar-refractivity contribution in [2.45, 2.75) is 25.8 Å². The Kier molecular flexibility index (Phi) is 9.59. The number of hydrogen-bond donors (Lipinski definition) is 2. The molecule has 232 valence electrons. The summed E-state index contributed by atoms with van der Waals surface area (Å²) in [7, 11) is 8.13. The zero-order valence-corrected chi connectivity index (χ0v) is 26.2. The van der Waals surface area contributed by atoms with Gasteiger partial charge in [0, 0.05) is 36.8 Å². The molecule has 10 nitrogen and oxygen atoms in total. The molecule has 2 heterocycles. The number of para-hydroxylation sites is 1. The van der Waals surface area contributed by atoms with E-state index >= 15 is 0 Å². The smallest absolute Gasteiger partial charge is 0.319 e. The maximum Gasteiger partial charge on any atom is 0.319 e. The van der Waals surface area contributed by atoms with Crippen LogP contribution >= 0.6 is 0 Å². The average molecular weight is 601 g/mol. The van der Waals surface area contributed by atoms with E-state index in [1.807, 2.05) is 49.4 Å². The van der Waals surface area contributed by atoms with Gasteiger partial charge in [-0.15, -0.1) is 0 Å². The number of nitrogens with zero attached hydrogens (tertiary/aromatic N) is 2. The maximum atomic E-state index is 13.0. The Morgan fingerprint density at radius 1 is 0.886 bits per heavy atom. The van der Waals surface area contributed by atoms with Crippen molar-refractivity contribution in [1.29, 1.82) is 0 Å². The van der Waals surface area contributed by atoms with Gasteiger partial charge < -0.3 is 34.3 Å². The predicted octanol–water partition coefficient (Wildman–Crippen LogP) is 5.55. The molecule has 2 amide bonds. The first-order chi connectivity index (χ1) is 21.4. The Morgan fingerprint density at radius 3 is 2.25 bits per heavy atom. The molecule has 4 aromatic rings. The molecule has 0 aliphatic carbocycles. The second-order valence-corrected chi connectivity index (χ2v) is 10.7. The second-order valence-electron chi connectivity index (χ2n) is 10.7. The fourth-order valence-electron chi connectivity index (χ4n) is 5.95. The largest absolute Gasteiger partial charge is 0.493 e. The Labute approximate surface area is 258 Å². The van der Waals surface area contributed by atoms with Crippen molar-refractivity contribution in [3.63, 3.8) is 0 Å². The number of methoxy groups -OCH3 is 5. The van der Waals surface area contributed by atoms with Crippen molar-refractivity contribution < 1.29 is 28.5 Å². The highest BCUT2D eigenvalue weighted by Crippen LogP contribution is 2.42. The van der Waals surface area contributed by atoms with E-state index in [0.29, 0.717) is 48.3 Å². The molecule has 44 heavy (non-hydrogen) atoms. The van der Waals surface area contributed by atoms with Crippen LogP contribution in [0.1, 0.15) is 28.4 Å². The topological polar surface area (TPSA) is 103 Å². The lowest BCUT2D eigenvalue weighted by atomic mass is 9.88. The normalized spacial score (nSPS) is 14.5. The lowest BCUT2D eigenvalue weighted by Gasteiger charge is -2.38. The average Bonchev–Trinajstić information content (AvgIpc) is 3.04. The van der Waals surface area contributed by atoms with Crippen molar-refractivity contribution in [3.05, 3.63) is 77.0 Å². The number of hydrogen-bond acceptors (Lipinski definition) is 8. The number of ether oxygens (including phenoxy) is 5. The zero-order valence-electron chi connectivity index (χ0n) is 26.2. The van der Waals surface area contributed by atoms with Gasteiger partial charge in [0.25, 0.3) is 0 Å². The van der Waals surface area contributed by atoms with Crippen LogP contribution in [-0.2, 0) is 12.8 Å². The third-order valence-electron chi connectivity index (χ3n) is 8.04. The fourth-order valence-corrected chi connectivity index (χ4v) is 5.95. The molecule has 3 aromatic carbocycles. The lowest BCUT2D eigenvalue weighted by Crippen LogP contribution is -2.42. The summed E-state index contributed by atoms with van der Waals surface area (Å²) in [6.45, 7) is 3.84. The number of pyridine rings is 1. The van der Waals surface area contributed by atoms with Gasteiger partial charge in [0.05, 0.1) is 46.8 Å². The number of amides is 2. The van der Waals surface area contributed by atoms with Crippen LogP contribution < -0.4 is 34.3 Å². The van der Waals surface area contributed by atoms with E-state index in [9.17, 15) is 4.79 Å². The Morgan fingerprint density at radius 2 is 1.57 bits per heavy atom. The van der Waals surface area contributed by atoms with Gasteiger partial charge in [0.1, 0.15) is 0 Å². The van der Waals surface area contributed by atoms with E-state index < -0.39 is 0 Å². The molecule has 0 saturated carbocycles. The number of rotatable bonds is 11. The molecule has 0 saturated heterocycles. The molecule has 1 aliphatic heterocycles. The minimum absolute atomic E-state index is 0.00184. The first-order valence-electron chi connectivity index (χ1n) is 14.6. The predicted molar refractivity (Wildman–Crippen MR) is 171 cm³/mol. The molecule has 1 unspecified atom stereocenters. The van der Waals surface area contributed by atoms with Crippen molar-refractivity contribution in [2.75, 3.05) is 60.5 Å². The number of benzene rings is 3. The number of urea groups is 1. The van der Waals surface area contributed by atoms with Gasteiger partial charge in [-0.2, -0.15) is 0 Å². The molecular weight excluding hydrogens is 560 g/mol. The van der Waals surface area contributed by atoms with Gasteiger partial charge in [0.2, 0.25) is 5.75 Å². The Bertz CT molecular complexity index is 1620. The summed E-state index contributed by atoms with van der Waals surface area (Å²) < 4.78 is 28.1. The van der Waals surface area contributed by atoms with Crippen molar-refractivity contribution in [1.82, 2.24) is 15.2 Å². The van der Waals surface area contributed by atoms with Crippen LogP contribution in [0.5, 0.6) is 28.7 Å². The standard InChI is InChI=1S/C34H40N4O6/c1-21-15-27(24-9-7-8-10-26(24)36-21)37-34(39)35-12-14-38-13-11-23-19-29(40-2)30(41-3)20-25(23)28(38)16-22-17-31(42-4)33(44-6)32(18-22)43-5/h7-10,15,17-20,28H,11-14,16H2,1-6H3,(H2,35,36,37,39). The van der Waals surface area contributed by atoms with Gasteiger partial charge in [-0.3, -0.25) is 9.88 Å². The number of aromatic nitrogens is 1. The lowest BCUT2D eigenvalue weighted by molar-refractivity contribution is 0.183. The van der Waals surface area contributed by atoms with E-state index in [4.69, 9.17) is 23.7 Å². The van der Waals surface area contributed by atoms with Gasteiger partial charge in [-0.25, -0.2) is 4.79 Å². The Balaban J connectivity index is 1.37. The first-order valence-corrected chi connectivity index (χ1v) is 14.6. The quantitative estimate of drug-likeness (QED) is 0.231. The molecule has 1 atom stereocenters. The van der Waals surface area contributed by atoms with Gasteiger partial charge >= 0.3 is 6.03 Å². The van der Waals surface area contributed by atoms with Crippen molar-refractivity contribution in [2.24, 2.45) is 0 Å². The van der Waals surface area contributed by atoms with E-state index in [1.54, 1.807) is 35.5 Å². The number of nitrogens with one attached hydrogen (secondary N) is 2. The molecule has 1 aromatic heterocycles. The minimum Gasteiger partial charge on any atom is -0.493 e. The number of aryl methyl sites for hydroxylation is 1. The second kappa shape index (κ2) is 13.7. The molecule has 5 rings (SSSR count). The summed E-state index contributed by atoms with van der Waals surface area (Å²) in [4.78, 5) is 20.0. The summed E-state index contributed by atoms with van der Waals surface area (Å²) in [5, 5.41) is 6.96. The van der Waals surface area contributed by atoms with Gasteiger partial charge in [-0.05, 0) is 72.9 Å². The van der Waals surface area contributed by atoms with Crippen LogP contribution in [0.15, 0.2) is 54.6 Å². The fraction of sp³-hybridized carbons (Fsp3) is 0.353. The molecule has 2 N–H and O–H groups in total. The molecule has 0 bridgehead atoms. The third kappa shape index (κ3) is 6.45. The van der Waals surface area contributed by atoms with E-state index in [1.165, 1.54) is 5.56 Å². The SMILES string of the molecule is COc1cc2c(cc1OC)C(Cc1cc(OC)c(OC)c(OC)c1)N(CCNC(=O)Nc1cc(C)nc3ccccc13)CC2. The van der Waals surface area contributed by atoms with E-state index in [-0.39, 0.29) is 12.1 Å². The van der Waals surface area contributed by atoms with Crippen molar-refractivity contribution >= 4 is 22.6 Å². The number of carbonyl (C=O) groups excluding carboxylic acids is 1. The van der Waals surface area contributed by atoms with Crippen LogP contribution in [0.2, 0.25) is 0 Å². The first kappa shape index (κ1) is 30.7. The van der Waals surface area contributed by atoms with Crippen molar-refractivity contribution in [3.8, 4) is 28.7 Å². The summed E-state index contributed by atoms with van der Waals surface area (Å²) in [6, 6.07) is 17.5. The summed E-state index contributed by atoms with van der Waals surface area (Å²) in [5.74, 6) is 3.16.